The van der Waals surface area contributed by atoms with Crippen molar-refractivity contribution in [1.29, 1.82) is 0 Å². The van der Waals surface area contributed by atoms with E-state index in [2.05, 4.69) is 11.4 Å². The molecule has 3 aromatic heterocycles. The van der Waals surface area contributed by atoms with E-state index in [4.69, 9.17) is 4.42 Å². The van der Waals surface area contributed by atoms with E-state index in [1.54, 1.807) is 12.3 Å². The average Bonchev–Trinajstić information content (AvgIpc) is 3.46. The summed E-state index contributed by atoms with van der Waals surface area (Å²) in [6.45, 7) is 1.99. The van der Waals surface area contributed by atoms with E-state index in [0.717, 1.165) is 65.8 Å². The molecule has 158 valence electrons. The summed E-state index contributed by atoms with van der Waals surface area (Å²) in [5, 5.41) is 12.8. The number of rotatable bonds is 4. The standard InChI is InChI=1S/C23H24N2O4.ClH/c1-12-14(20-11-16-18(24-2)4-3-5-19(16)29-20)8-9-25-21(12)15(13-6-7-13)10-17(22(25)26)23(27)28;/h8-11,13,18,24H,3-7H2,1-2H3,(H,27,28);1H. The van der Waals surface area contributed by atoms with E-state index in [1.165, 1.54) is 9.96 Å². The molecule has 0 spiro atoms. The summed E-state index contributed by atoms with van der Waals surface area (Å²) in [6, 6.07) is 5.87. The summed E-state index contributed by atoms with van der Waals surface area (Å²) in [4.78, 5) is 24.3. The highest BCUT2D eigenvalue weighted by atomic mass is 35.5. The minimum atomic E-state index is -1.18. The lowest BCUT2D eigenvalue weighted by Gasteiger charge is -2.20. The minimum absolute atomic E-state index is 0. The van der Waals surface area contributed by atoms with Gasteiger partial charge in [-0.15, -0.1) is 12.4 Å². The van der Waals surface area contributed by atoms with Crippen molar-refractivity contribution in [2.45, 2.75) is 51.0 Å². The van der Waals surface area contributed by atoms with Crippen LogP contribution in [0.15, 0.2) is 33.6 Å². The monoisotopic (exact) mass is 428 g/mol. The van der Waals surface area contributed by atoms with Crippen LogP contribution in [-0.4, -0.2) is 22.5 Å². The second-order valence-corrected chi connectivity index (χ2v) is 8.19. The van der Waals surface area contributed by atoms with Gasteiger partial charge in [-0.05, 0) is 74.9 Å². The number of carboxylic acids is 1. The van der Waals surface area contributed by atoms with Crippen LogP contribution in [0.3, 0.4) is 0 Å². The van der Waals surface area contributed by atoms with E-state index in [9.17, 15) is 14.7 Å². The number of halogens is 1. The molecular weight excluding hydrogens is 404 g/mol. The zero-order valence-electron chi connectivity index (χ0n) is 17.0. The van der Waals surface area contributed by atoms with Crippen LogP contribution >= 0.6 is 12.4 Å². The number of carboxylic acid groups (broad SMARTS) is 1. The predicted molar refractivity (Wildman–Crippen MR) is 117 cm³/mol. The summed E-state index contributed by atoms with van der Waals surface area (Å²) in [5.74, 6) is 0.987. The Hall–Kier alpha value is -2.57. The minimum Gasteiger partial charge on any atom is -0.477 e. The van der Waals surface area contributed by atoms with E-state index in [1.807, 2.05) is 20.0 Å². The van der Waals surface area contributed by atoms with Crippen molar-refractivity contribution in [1.82, 2.24) is 9.72 Å². The van der Waals surface area contributed by atoms with Crippen LogP contribution in [0.5, 0.6) is 0 Å². The first-order valence-electron chi connectivity index (χ1n) is 10.2. The zero-order chi connectivity index (χ0) is 20.3. The van der Waals surface area contributed by atoms with Crippen LogP contribution in [0.1, 0.15) is 70.5 Å². The number of aromatic carboxylic acids is 1. The molecule has 3 aromatic rings. The van der Waals surface area contributed by atoms with Gasteiger partial charge in [-0.25, -0.2) is 4.79 Å². The Morgan fingerprint density at radius 1 is 1.23 bits per heavy atom. The fraction of sp³-hybridized carbons (Fsp3) is 0.391. The Morgan fingerprint density at radius 3 is 2.67 bits per heavy atom. The maximum Gasteiger partial charge on any atom is 0.341 e. The molecule has 2 aliphatic rings. The lowest BCUT2D eigenvalue weighted by Crippen LogP contribution is -2.23. The maximum absolute atomic E-state index is 12.8. The molecule has 0 amide bonds. The van der Waals surface area contributed by atoms with Gasteiger partial charge in [-0.2, -0.15) is 0 Å². The van der Waals surface area contributed by atoms with Crippen molar-refractivity contribution in [3.8, 4) is 11.3 Å². The number of hydrogen-bond donors (Lipinski definition) is 2. The van der Waals surface area contributed by atoms with Gasteiger partial charge in [-0.3, -0.25) is 9.20 Å². The molecule has 5 rings (SSSR count). The van der Waals surface area contributed by atoms with Crippen molar-refractivity contribution in [3.05, 3.63) is 62.8 Å². The van der Waals surface area contributed by atoms with E-state index in [-0.39, 0.29) is 18.0 Å². The molecule has 0 aromatic carbocycles. The molecule has 0 aliphatic heterocycles. The molecule has 2 N–H and O–H groups in total. The van der Waals surface area contributed by atoms with Gasteiger partial charge in [0, 0.05) is 29.8 Å². The number of hydrogen-bond acceptors (Lipinski definition) is 4. The molecular formula is C23H25ClN2O4. The molecule has 6 nitrogen and oxygen atoms in total. The van der Waals surface area contributed by atoms with Crippen LogP contribution in [0, 0.1) is 6.92 Å². The maximum atomic E-state index is 12.8. The number of fused-ring (bicyclic) bond motifs is 2. The van der Waals surface area contributed by atoms with Crippen LogP contribution in [0.4, 0.5) is 0 Å². The molecule has 1 saturated carbocycles. The van der Waals surface area contributed by atoms with Crippen LogP contribution in [-0.2, 0) is 6.42 Å². The van der Waals surface area contributed by atoms with E-state index >= 15 is 0 Å². The van der Waals surface area contributed by atoms with Gasteiger partial charge in [0.05, 0.1) is 5.52 Å². The summed E-state index contributed by atoms with van der Waals surface area (Å²) >= 11 is 0. The lowest BCUT2D eigenvalue weighted by molar-refractivity contribution is 0.0694. The van der Waals surface area contributed by atoms with Gasteiger partial charge in [0.2, 0.25) is 0 Å². The number of carbonyl (C=O) groups is 1. The van der Waals surface area contributed by atoms with Crippen molar-refractivity contribution >= 4 is 23.9 Å². The number of furan rings is 1. The normalized spacial score (nSPS) is 18.1. The van der Waals surface area contributed by atoms with Crippen LogP contribution in [0.2, 0.25) is 0 Å². The number of aromatic nitrogens is 1. The van der Waals surface area contributed by atoms with Crippen molar-refractivity contribution in [2.24, 2.45) is 0 Å². The summed E-state index contributed by atoms with van der Waals surface area (Å²) < 4.78 is 7.74. The topological polar surface area (TPSA) is 84.0 Å². The van der Waals surface area contributed by atoms with Crippen molar-refractivity contribution < 1.29 is 14.3 Å². The molecule has 0 bridgehead atoms. The third-order valence-corrected chi connectivity index (χ3v) is 6.39. The Labute approximate surface area is 180 Å². The molecule has 3 heterocycles. The van der Waals surface area contributed by atoms with Gasteiger partial charge in [0.25, 0.3) is 5.56 Å². The second-order valence-electron chi connectivity index (χ2n) is 8.19. The Bertz CT molecular complexity index is 1210. The lowest BCUT2D eigenvalue weighted by atomic mass is 9.93. The summed E-state index contributed by atoms with van der Waals surface area (Å²) in [6.07, 6.45) is 6.87. The van der Waals surface area contributed by atoms with E-state index in [0.29, 0.717) is 12.0 Å². The van der Waals surface area contributed by atoms with Gasteiger partial charge in [0.15, 0.2) is 0 Å². The van der Waals surface area contributed by atoms with Gasteiger partial charge < -0.3 is 14.8 Å². The fourth-order valence-electron chi connectivity index (χ4n) is 4.71. The zero-order valence-corrected chi connectivity index (χ0v) is 17.8. The largest absolute Gasteiger partial charge is 0.477 e. The smallest absolute Gasteiger partial charge is 0.341 e. The van der Waals surface area contributed by atoms with Gasteiger partial charge >= 0.3 is 5.97 Å². The number of nitrogens with zero attached hydrogens (tertiary/aromatic N) is 1. The quantitative estimate of drug-likeness (QED) is 0.640. The molecule has 1 unspecified atom stereocenters. The molecule has 0 radical (unpaired) electrons. The average molecular weight is 429 g/mol. The first kappa shape index (κ1) is 20.7. The van der Waals surface area contributed by atoms with Gasteiger partial charge in [-0.1, -0.05) is 0 Å². The molecule has 1 atom stereocenters. The Balaban J connectivity index is 0.00000218. The number of pyridine rings is 2. The van der Waals surface area contributed by atoms with Crippen LogP contribution in [0.25, 0.3) is 16.8 Å². The fourth-order valence-corrected chi connectivity index (χ4v) is 4.71. The molecule has 7 heteroatoms. The van der Waals surface area contributed by atoms with E-state index < -0.39 is 11.5 Å². The predicted octanol–water partition coefficient (Wildman–Crippen LogP) is 4.46. The Morgan fingerprint density at radius 2 is 2.00 bits per heavy atom. The molecule has 2 aliphatic carbocycles. The molecule has 30 heavy (non-hydrogen) atoms. The number of nitrogens with one attached hydrogen (secondary N) is 1. The third-order valence-electron chi connectivity index (χ3n) is 6.39. The first-order valence-corrected chi connectivity index (χ1v) is 10.2. The Kier molecular flexibility index (Phi) is 5.24. The molecule has 0 saturated heterocycles. The second kappa shape index (κ2) is 7.60. The third kappa shape index (κ3) is 3.15. The van der Waals surface area contributed by atoms with Crippen molar-refractivity contribution in [2.75, 3.05) is 7.05 Å². The highest BCUT2D eigenvalue weighted by molar-refractivity contribution is 5.89. The first-order chi connectivity index (χ1) is 14.0. The summed E-state index contributed by atoms with van der Waals surface area (Å²) in [5.41, 5.74) is 4.25. The van der Waals surface area contributed by atoms with Crippen LogP contribution < -0.4 is 10.9 Å². The SMILES string of the molecule is CNC1CCCc2oc(-c3ccn4c(=O)c(C(=O)O)cc(C5CC5)c4c3C)cc21.Cl. The van der Waals surface area contributed by atoms with Gasteiger partial charge in [0.1, 0.15) is 17.1 Å². The van der Waals surface area contributed by atoms with Crippen molar-refractivity contribution in [3.63, 3.8) is 0 Å². The number of aryl methyl sites for hydroxylation is 2. The highest BCUT2D eigenvalue weighted by Gasteiger charge is 2.30. The highest BCUT2D eigenvalue weighted by Crippen LogP contribution is 2.44. The summed E-state index contributed by atoms with van der Waals surface area (Å²) in [7, 11) is 1.97. The molecule has 1 fully saturated rings.